The van der Waals surface area contributed by atoms with E-state index < -0.39 is 4.92 Å². The first kappa shape index (κ1) is 14.4. The van der Waals surface area contributed by atoms with Crippen molar-refractivity contribution in [2.75, 3.05) is 31.7 Å². The lowest BCUT2D eigenvalue weighted by molar-refractivity contribution is -0.384. The molecule has 0 fully saturated rings. The zero-order chi connectivity index (χ0) is 13.4. The van der Waals surface area contributed by atoms with Crippen molar-refractivity contribution >= 4 is 11.4 Å². The maximum absolute atomic E-state index is 10.7. The van der Waals surface area contributed by atoms with Crippen molar-refractivity contribution in [1.82, 2.24) is 0 Å². The summed E-state index contributed by atoms with van der Waals surface area (Å²) in [4.78, 5) is 10.3. The van der Waals surface area contributed by atoms with Crippen LogP contribution in [0.4, 0.5) is 11.4 Å². The van der Waals surface area contributed by atoms with Crippen molar-refractivity contribution in [2.24, 2.45) is 0 Å². The van der Waals surface area contributed by atoms with Crippen LogP contribution in [0, 0.1) is 17.0 Å². The van der Waals surface area contributed by atoms with Gasteiger partial charge in [-0.2, -0.15) is 0 Å². The van der Waals surface area contributed by atoms with E-state index in [1.165, 1.54) is 12.1 Å². The number of benzene rings is 1. The van der Waals surface area contributed by atoms with Crippen LogP contribution in [-0.2, 0) is 4.74 Å². The number of aryl methyl sites for hydroxylation is 1. The van der Waals surface area contributed by atoms with Gasteiger partial charge in [-0.1, -0.05) is 0 Å². The fourth-order valence-electron chi connectivity index (χ4n) is 1.54. The molecule has 0 radical (unpaired) electrons. The minimum absolute atomic E-state index is 0.0253. The predicted octanol–water partition coefficient (Wildman–Crippen LogP) is 1.71. The second-order valence-electron chi connectivity index (χ2n) is 3.93. The number of anilines is 1. The number of hydrogen-bond acceptors (Lipinski definition) is 5. The van der Waals surface area contributed by atoms with Crippen LogP contribution >= 0.6 is 0 Å². The molecule has 100 valence electrons. The van der Waals surface area contributed by atoms with Crippen LogP contribution in [0.15, 0.2) is 18.2 Å². The Morgan fingerprint density at radius 2 is 2.17 bits per heavy atom. The van der Waals surface area contributed by atoms with Crippen molar-refractivity contribution in [3.8, 4) is 0 Å². The van der Waals surface area contributed by atoms with Gasteiger partial charge in [0.25, 0.3) is 5.69 Å². The quantitative estimate of drug-likeness (QED) is 0.419. The molecular weight excluding hydrogens is 236 g/mol. The number of nitrogens with zero attached hydrogens (tertiary/aromatic N) is 1. The Labute approximate surface area is 106 Å². The smallest absolute Gasteiger partial charge is 0.271 e. The number of aliphatic hydroxyl groups excluding tert-OH is 1. The molecule has 0 aromatic heterocycles. The molecule has 0 heterocycles. The van der Waals surface area contributed by atoms with E-state index in [-0.39, 0.29) is 12.3 Å². The molecule has 1 aromatic carbocycles. The number of aliphatic hydroxyl groups is 1. The van der Waals surface area contributed by atoms with E-state index in [0.717, 1.165) is 17.7 Å². The molecule has 1 aromatic rings. The van der Waals surface area contributed by atoms with Crippen LogP contribution in [-0.4, -0.2) is 36.4 Å². The van der Waals surface area contributed by atoms with Gasteiger partial charge in [-0.25, -0.2) is 0 Å². The average Bonchev–Trinajstić information content (AvgIpc) is 2.33. The van der Waals surface area contributed by atoms with E-state index in [9.17, 15) is 10.1 Å². The second kappa shape index (κ2) is 7.62. The minimum atomic E-state index is -0.400. The first-order valence-corrected chi connectivity index (χ1v) is 5.82. The lowest BCUT2D eigenvalue weighted by Crippen LogP contribution is -2.07. The van der Waals surface area contributed by atoms with E-state index in [1.807, 2.05) is 13.0 Å². The van der Waals surface area contributed by atoms with Crippen LogP contribution in [0.1, 0.15) is 12.0 Å². The highest BCUT2D eigenvalue weighted by atomic mass is 16.6. The Bertz CT molecular complexity index is 396. The molecule has 1 rings (SSSR count). The fourth-order valence-corrected chi connectivity index (χ4v) is 1.54. The number of nitrogens with one attached hydrogen (secondary N) is 1. The van der Waals surface area contributed by atoms with Gasteiger partial charge >= 0.3 is 0 Å². The predicted molar refractivity (Wildman–Crippen MR) is 68.8 cm³/mol. The van der Waals surface area contributed by atoms with Crippen molar-refractivity contribution in [3.63, 3.8) is 0 Å². The molecule has 0 aliphatic rings. The van der Waals surface area contributed by atoms with E-state index in [4.69, 9.17) is 9.84 Å². The highest BCUT2D eigenvalue weighted by Gasteiger charge is 2.07. The largest absolute Gasteiger partial charge is 0.394 e. The molecular formula is C12H18N2O4. The number of non-ortho nitro benzene ring substituents is 1. The molecule has 0 spiro atoms. The Balaban J connectivity index is 2.40. The second-order valence-corrected chi connectivity index (χ2v) is 3.93. The zero-order valence-corrected chi connectivity index (χ0v) is 10.4. The molecule has 0 atom stereocenters. The molecule has 0 aliphatic carbocycles. The number of ether oxygens (including phenoxy) is 1. The summed E-state index contributed by atoms with van der Waals surface area (Å²) in [5.41, 5.74) is 1.68. The standard InChI is InChI=1S/C12H18N2O4/c1-10-7-11(9-12(8-10)14(16)17)13-3-2-5-18-6-4-15/h7-9,13,15H,2-6H2,1H3. The van der Waals surface area contributed by atoms with Gasteiger partial charge in [0, 0.05) is 31.0 Å². The first-order valence-electron chi connectivity index (χ1n) is 5.82. The molecule has 2 N–H and O–H groups in total. The molecule has 0 aliphatic heterocycles. The lowest BCUT2D eigenvalue weighted by atomic mass is 10.2. The highest BCUT2D eigenvalue weighted by molar-refractivity contribution is 5.53. The lowest BCUT2D eigenvalue weighted by Gasteiger charge is -2.07. The number of hydrogen-bond donors (Lipinski definition) is 2. The third-order valence-corrected chi connectivity index (χ3v) is 2.30. The van der Waals surface area contributed by atoms with Crippen molar-refractivity contribution < 1.29 is 14.8 Å². The minimum Gasteiger partial charge on any atom is -0.394 e. The number of nitro groups is 1. The summed E-state index contributed by atoms with van der Waals surface area (Å²) in [6, 6.07) is 4.92. The maximum Gasteiger partial charge on any atom is 0.271 e. The van der Waals surface area contributed by atoms with Gasteiger partial charge in [-0.3, -0.25) is 10.1 Å². The third kappa shape index (κ3) is 5.11. The van der Waals surface area contributed by atoms with Crippen molar-refractivity contribution in [3.05, 3.63) is 33.9 Å². The molecule has 18 heavy (non-hydrogen) atoms. The fraction of sp³-hybridized carbons (Fsp3) is 0.500. The molecule has 6 nitrogen and oxygen atoms in total. The molecule has 0 saturated carbocycles. The zero-order valence-electron chi connectivity index (χ0n) is 10.4. The Morgan fingerprint density at radius 1 is 1.39 bits per heavy atom. The van der Waals surface area contributed by atoms with Gasteiger partial charge in [-0.15, -0.1) is 0 Å². The Kier molecular flexibility index (Phi) is 6.10. The van der Waals surface area contributed by atoms with Gasteiger partial charge < -0.3 is 15.2 Å². The number of nitro benzene ring substituents is 1. The molecule has 0 unspecified atom stereocenters. The van der Waals surface area contributed by atoms with Gasteiger partial charge in [0.1, 0.15) is 0 Å². The Hall–Kier alpha value is -1.66. The SMILES string of the molecule is Cc1cc(NCCCOCCO)cc([N+](=O)[O-])c1. The average molecular weight is 254 g/mol. The maximum atomic E-state index is 10.7. The van der Waals surface area contributed by atoms with E-state index >= 15 is 0 Å². The van der Waals surface area contributed by atoms with Gasteiger partial charge in [0.15, 0.2) is 0 Å². The van der Waals surface area contributed by atoms with E-state index in [1.54, 1.807) is 0 Å². The van der Waals surface area contributed by atoms with E-state index in [2.05, 4.69) is 5.32 Å². The monoisotopic (exact) mass is 254 g/mol. The molecule has 6 heteroatoms. The summed E-state index contributed by atoms with van der Waals surface area (Å²) in [5.74, 6) is 0. The highest BCUT2D eigenvalue weighted by Crippen LogP contribution is 2.20. The van der Waals surface area contributed by atoms with Crippen LogP contribution < -0.4 is 5.32 Å². The number of rotatable bonds is 8. The molecule has 0 amide bonds. The van der Waals surface area contributed by atoms with Crippen molar-refractivity contribution in [2.45, 2.75) is 13.3 Å². The molecule has 0 bridgehead atoms. The van der Waals surface area contributed by atoms with Gasteiger partial charge in [0.05, 0.1) is 18.1 Å². The summed E-state index contributed by atoms with van der Waals surface area (Å²) < 4.78 is 5.11. The van der Waals surface area contributed by atoms with Crippen LogP contribution in [0.5, 0.6) is 0 Å². The normalized spacial score (nSPS) is 10.3. The summed E-state index contributed by atoms with van der Waals surface area (Å²) in [7, 11) is 0. The van der Waals surface area contributed by atoms with Crippen LogP contribution in [0.25, 0.3) is 0 Å². The van der Waals surface area contributed by atoms with Gasteiger partial charge in [0.2, 0.25) is 0 Å². The Morgan fingerprint density at radius 3 is 2.83 bits per heavy atom. The summed E-state index contributed by atoms with van der Waals surface area (Å²) >= 11 is 0. The van der Waals surface area contributed by atoms with Crippen molar-refractivity contribution in [1.29, 1.82) is 0 Å². The van der Waals surface area contributed by atoms with Gasteiger partial charge in [-0.05, 0) is 25.0 Å². The summed E-state index contributed by atoms with van der Waals surface area (Å²) in [6.07, 6.45) is 0.780. The summed E-state index contributed by atoms with van der Waals surface area (Å²) in [5, 5.41) is 22.3. The topological polar surface area (TPSA) is 84.6 Å². The third-order valence-electron chi connectivity index (χ3n) is 2.30. The summed E-state index contributed by atoms with van der Waals surface area (Å²) in [6.45, 7) is 3.42. The van der Waals surface area contributed by atoms with Crippen LogP contribution in [0.2, 0.25) is 0 Å². The van der Waals surface area contributed by atoms with E-state index in [0.29, 0.717) is 19.8 Å². The van der Waals surface area contributed by atoms with Crippen LogP contribution in [0.3, 0.4) is 0 Å². The first-order chi connectivity index (χ1) is 8.63. The molecule has 0 saturated heterocycles.